The van der Waals surface area contributed by atoms with Crippen LogP contribution in [0.15, 0.2) is 40.5 Å². The van der Waals surface area contributed by atoms with Gasteiger partial charge in [0, 0.05) is 24.4 Å². The Bertz CT molecular complexity index is 1710. The van der Waals surface area contributed by atoms with Gasteiger partial charge < -0.3 is 5.32 Å². The lowest BCUT2D eigenvalue weighted by Gasteiger charge is -2.19. The van der Waals surface area contributed by atoms with E-state index in [1.165, 1.54) is 12.3 Å². The van der Waals surface area contributed by atoms with E-state index < -0.39 is 9.84 Å². The average Bonchev–Trinajstić information content (AvgIpc) is 3.80. The van der Waals surface area contributed by atoms with Crippen LogP contribution in [0.5, 0.6) is 0 Å². The quantitative estimate of drug-likeness (QED) is 0.359. The van der Waals surface area contributed by atoms with Crippen molar-refractivity contribution < 1.29 is 8.42 Å². The van der Waals surface area contributed by atoms with E-state index in [2.05, 4.69) is 30.2 Å². The van der Waals surface area contributed by atoms with Crippen LogP contribution in [-0.2, 0) is 16.4 Å². The fourth-order valence-corrected chi connectivity index (χ4v) is 5.31. The molecule has 4 aromatic heterocycles. The molecule has 2 saturated carbocycles. The maximum absolute atomic E-state index is 13.7. The molecule has 0 aromatic carbocycles. The van der Waals surface area contributed by atoms with E-state index in [1.807, 2.05) is 13.8 Å². The molecule has 38 heavy (non-hydrogen) atoms. The molecule has 1 atom stereocenters. The first kappa shape index (κ1) is 24.5. The number of fused-ring (bicyclic) bond motifs is 1. The lowest BCUT2D eigenvalue weighted by Crippen LogP contribution is -2.29. The predicted octanol–water partition coefficient (Wildman–Crippen LogP) is 3.21. The summed E-state index contributed by atoms with van der Waals surface area (Å²) in [6.45, 7) is 4.18. The van der Waals surface area contributed by atoms with Crippen molar-refractivity contribution in [2.45, 2.75) is 62.9 Å². The van der Waals surface area contributed by atoms with E-state index >= 15 is 0 Å². The molecule has 0 saturated heterocycles. The Hall–Kier alpha value is -3.80. The highest BCUT2D eigenvalue weighted by Crippen LogP contribution is 2.43. The van der Waals surface area contributed by atoms with E-state index in [-0.39, 0.29) is 28.9 Å². The first-order valence-corrected chi connectivity index (χ1v) is 14.6. The van der Waals surface area contributed by atoms with Crippen LogP contribution in [0.1, 0.15) is 61.6 Å². The number of nitrogens with one attached hydrogen (secondary N) is 1. The zero-order valence-corrected chi connectivity index (χ0v) is 22.2. The normalized spacial score (nSPS) is 16.5. The lowest BCUT2D eigenvalue weighted by molar-refractivity contribution is 0.482. The molecular weight excluding hydrogens is 504 g/mol. The first-order chi connectivity index (χ1) is 18.2. The third-order valence-corrected chi connectivity index (χ3v) is 8.36. The number of rotatable bonds is 8. The second-order valence-electron chi connectivity index (χ2n) is 10.2. The largest absolute Gasteiger partial charge is 0.360 e. The number of aryl methyl sites for hydroxylation is 1. The maximum atomic E-state index is 13.7. The summed E-state index contributed by atoms with van der Waals surface area (Å²) < 4.78 is 25.2. The van der Waals surface area contributed by atoms with Gasteiger partial charge in [0.05, 0.1) is 40.3 Å². The number of pyridine rings is 1. The minimum atomic E-state index is -3.34. The molecule has 11 nitrogen and oxygen atoms in total. The number of anilines is 1. The van der Waals surface area contributed by atoms with Crippen molar-refractivity contribution >= 4 is 26.8 Å². The Kier molecular flexibility index (Phi) is 5.93. The summed E-state index contributed by atoms with van der Waals surface area (Å²) in [6.07, 6.45) is 9.98. The van der Waals surface area contributed by atoms with E-state index in [1.54, 1.807) is 23.2 Å². The van der Waals surface area contributed by atoms with Gasteiger partial charge in [0.2, 0.25) is 0 Å². The molecule has 12 heteroatoms. The topological polar surface area (TPSA) is 146 Å². The SMILES string of the molecule is Cc1ncnc(C2CC2)c1-c1ncc2nc(NCc3ccc(S(C)(=O)=O)cn3)c(=O)n(C(C)C3CC3)c2n1. The van der Waals surface area contributed by atoms with Crippen molar-refractivity contribution in [1.29, 1.82) is 0 Å². The van der Waals surface area contributed by atoms with E-state index in [9.17, 15) is 13.2 Å². The van der Waals surface area contributed by atoms with Crippen molar-refractivity contribution in [2.75, 3.05) is 11.6 Å². The van der Waals surface area contributed by atoms with Gasteiger partial charge >= 0.3 is 0 Å². The summed E-state index contributed by atoms with van der Waals surface area (Å²) in [6, 6.07) is 3.06. The van der Waals surface area contributed by atoms with Gasteiger partial charge in [-0.2, -0.15) is 0 Å². The summed E-state index contributed by atoms with van der Waals surface area (Å²) in [5.74, 6) is 1.47. The molecule has 196 valence electrons. The van der Waals surface area contributed by atoms with E-state index in [4.69, 9.17) is 4.98 Å². The smallest absolute Gasteiger partial charge is 0.295 e. The summed E-state index contributed by atoms with van der Waals surface area (Å²) in [4.78, 5) is 41.1. The van der Waals surface area contributed by atoms with Crippen molar-refractivity contribution in [3.05, 3.63) is 58.3 Å². The van der Waals surface area contributed by atoms with Gasteiger partial charge in [0.1, 0.15) is 11.8 Å². The molecule has 0 bridgehead atoms. The predicted molar refractivity (Wildman–Crippen MR) is 141 cm³/mol. The van der Waals surface area contributed by atoms with E-state index in [0.29, 0.717) is 34.5 Å². The number of nitrogens with zero attached hydrogens (tertiary/aromatic N) is 7. The van der Waals surface area contributed by atoms with Crippen LogP contribution in [0.25, 0.3) is 22.6 Å². The van der Waals surface area contributed by atoms with Crippen LogP contribution in [0.3, 0.4) is 0 Å². The number of hydrogen-bond donors (Lipinski definition) is 1. The molecule has 0 aliphatic heterocycles. The molecule has 2 aliphatic carbocycles. The average molecular weight is 533 g/mol. The zero-order valence-electron chi connectivity index (χ0n) is 21.4. The number of aromatic nitrogens is 7. The Morgan fingerprint density at radius 1 is 1.05 bits per heavy atom. The summed E-state index contributed by atoms with van der Waals surface area (Å²) in [7, 11) is -3.34. The molecule has 1 unspecified atom stereocenters. The summed E-state index contributed by atoms with van der Waals surface area (Å²) >= 11 is 0. The van der Waals surface area contributed by atoms with Gasteiger partial charge in [-0.1, -0.05) is 0 Å². The minimum Gasteiger partial charge on any atom is -0.360 e. The molecule has 4 aromatic rings. The van der Waals surface area contributed by atoms with Crippen LogP contribution in [-0.4, -0.2) is 49.1 Å². The van der Waals surface area contributed by atoms with Crippen molar-refractivity contribution in [2.24, 2.45) is 5.92 Å². The Balaban J connectivity index is 1.40. The van der Waals surface area contributed by atoms with E-state index in [0.717, 1.165) is 48.9 Å². The highest BCUT2D eigenvalue weighted by molar-refractivity contribution is 7.90. The van der Waals surface area contributed by atoms with Gasteiger partial charge in [-0.25, -0.2) is 33.3 Å². The molecule has 1 N–H and O–H groups in total. The molecular formula is C26H28N8O3S. The molecule has 2 aliphatic rings. The minimum absolute atomic E-state index is 0.0560. The third kappa shape index (κ3) is 4.64. The molecule has 0 spiro atoms. The fourth-order valence-electron chi connectivity index (χ4n) is 4.75. The van der Waals surface area contributed by atoms with Crippen LogP contribution in [0.2, 0.25) is 0 Å². The molecule has 2 fully saturated rings. The Labute approximate surface area is 219 Å². The zero-order chi connectivity index (χ0) is 26.6. The summed E-state index contributed by atoms with van der Waals surface area (Å²) in [5.41, 5.74) is 3.92. The van der Waals surface area contributed by atoms with Crippen LogP contribution < -0.4 is 10.9 Å². The summed E-state index contributed by atoms with van der Waals surface area (Å²) in [5, 5.41) is 3.09. The highest BCUT2D eigenvalue weighted by atomic mass is 32.2. The first-order valence-electron chi connectivity index (χ1n) is 12.7. The maximum Gasteiger partial charge on any atom is 0.295 e. The van der Waals surface area contributed by atoms with Gasteiger partial charge in [0.25, 0.3) is 5.56 Å². The monoisotopic (exact) mass is 532 g/mol. The lowest BCUT2D eigenvalue weighted by atomic mass is 10.1. The molecule has 0 amide bonds. The molecule has 6 rings (SSSR count). The Morgan fingerprint density at radius 3 is 2.50 bits per heavy atom. The Morgan fingerprint density at radius 2 is 1.84 bits per heavy atom. The van der Waals surface area contributed by atoms with Crippen molar-refractivity contribution in [3.8, 4) is 11.4 Å². The highest BCUT2D eigenvalue weighted by Gasteiger charge is 2.33. The van der Waals surface area contributed by atoms with Crippen molar-refractivity contribution in [3.63, 3.8) is 0 Å². The fraction of sp³-hybridized carbons (Fsp3) is 0.423. The van der Waals surface area contributed by atoms with Gasteiger partial charge in [-0.3, -0.25) is 14.3 Å². The van der Waals surface area contributed by atoms with Gasteiger partial charge in [0.15, 0.2) is 27.1 Å². The number of hydrogen-bond acceptors (Lipinski definition) is 10. The van der Waals surface area contributed by atoms with Gasteiger partial charge in [-0.05, 0) is 57.6 Å². The van der Waals surface area contributed by atoms with Crippen LogP contribution in [0.4, 0.5) is 5.82 Å². The third-order valence-electron chi connectivity index (χ3n) is 7.26. The second kappa shape index (κ2) is 9.19. The van der Waals surface area contributed by atoms with Crippen LogP contribution in [0, 0.1) is 12.8 Å². The standard InChI is InChI=1S/C26H28N8O3S/c1-14-21(22(17-6-7-17)31-13-30-14)23-29-12-20-25(33-23)34(15(2)16-4-5-16)26(35)24(32-20)28-10-18-8-9-19(11-27-18)38(3,36)37/h8-9,11-13,15-17H,4-7,10H2,1-3H3,(H,28,32). The molecule has 4 heterocycles. The number of sulfone groups is 1. The van der Waals surface area contributed by atoms with Crippen molar-refractivity contribution in [1.82, 2.24) is 34.5 Å². The second-order valence-corrected chi connectivity index (χ2v) is 12.2. The molecule has 0 radical (unpaired) electrons. The van der Waals surface area contributed by atoms with Crippen LogP contribution >= 0.6 is 0 Å². The van der Waals surface area contributed by atoms with Gasteiger partial charge in [-0.15, -0.1) is 0 Å².